The molecule has 1 heterocycles. The largest absolute Gasteiger partial charge is 0.357 e. The predicted molar refractivity (Wildman–Crippen MR) is 99.2 cm³/mol. The molecule has 132 valence electrons. The minimum absolute atomic E-state index is 0.00902. The first kappa shape index (κ1) is 18.6. The number of nitrogens with zero attached hydrogens (tertiary/aromatic N) is 3. The van der Waals surface area contributed by atoms with E-state index in [-0.39, 0.29) is 11.7 Å². The lowest BCUT2D eigenvalue weighted by Gasteiger charge is -2.22. The van der Waals surface area contributed by atoms with E-state index in [4.69, 9.17) is 0 Å². The van der Waals surface area contributed by atoms with Gasteiger partial charge in [-0.05, 0) is 44.0 Å². The molecule has 0 aliphatic carbocycles. The Balaban J connectivity index is 2.13. The van der Waals surface area contributed by atoms with Gasteiger partial charge < -0.3 is 10.2 Å². The van der Waals surface area contributed by atoms with Crippen molar-refractivity contribution in [2.24, 2.45) is 0 Å². The van der Waals surface area contributed by atoms with Gasteiger partial charge in [0.05, 0.1) is 0 Å². The third-order valence-electron chi connectivity index (χ3n) is 3.75. The molecule has 6 heteroatoms. The van der Waals surface area contributed by atoms with Crippen molar-refractivity contribution in [1.82, 2.24) is 9.97 Å². The fraction of sp³-hybridized carbons (Fsp3) is 0.368. The van der Waals surface area contributed by atoms with Gasteiger partial charge in [0.25, 0.3) is 5.91 Å². The van der Waals surface area contributed by atoms with Crippen molar-refractivity contribution < 1.29 is 9.59 Å². The van der Waals surface area contributed by atoms with E-state index in [9.17, 15) is 9.59 Å². The number of rotatable bonds is 8. The Morgan fingerprint density at radius 1 is 1.04 bits per heavy atom. The van der Waals surface area contributed by atoms with Gasteiger partial charge in [0.15, 0.2) is 5.78 Å². The first-order chi connectivity index (χ1) is 12.0. The molecule has 1 aromatic heterocycles. The maximum atomic E-state index is 12.4. The van der Waals surface area contributed by atoms with Crippen LogP contribution in [0.3, 0.4) is 0 Å². The quantitative estimate of drug-likeness (QED) is 0.744. The minimum Gasteiger partial charge on any atom is -0.357 e. The average molecular weight is 340 g/mol. The molecule has 0 radical (unpaired) electrons. The smallest absolute Gasteiger partial charge is 0.274 e. The second kappa shape index (κ2) is 8.92. The van der Waals surface area contributed by atoms with E-state index in [1.807, 2.05) is 0 Å². The monoisotopic (exact) mass is 340 g/mol. The summed E-state index contributed by atoms with van der Waals surface area (Å²) in [6, 6.07) is 8.50. The Labute approximate surface area is 148 Å². The van der Waals surface area contributed by atoms with E-state index in [2.05, 4.69) is 34.0 Å². The highest BCUT2D eigenvalue weighted by molar-refractivity contribution is 6.03. The molecule has 0 saturated heterocycles. The van der Waals surface area contributed by atoms with E-state index in [1.165, 1.54) is 13.3 Å². The zero-order chi connectivity index (χ0) is 18.2. The number of carbonyl (C=O) groups excluding carboxylic acids is 2. The number of ketones is 1. The number of anilines is 2. The molecule has 0 aliphatic rings. The number of carbonyl (C=O) groups is 2. The summed E-state index contributed by atoms with van der Waals surface area (Å²) in [4.78, 5) is 34.3. The van der Waals surface area contributed by atoms with Crippen LogP contribution in [-0.2, 0) is 0 Å². The fourth-order valence-corrected chi connectivity index (χ4v) is 2.51. The van der Waals surface area contributed by atoms with Gasteiger partial charge >= 0.3 is 0 Å². The van der Waals surface area contributed by atoms with Crippen LogP contribution in [0.1, 0.15) is 54.5 Å². The van der Waals surface area contributed by atoms with E-state index >= 15 is 0 Å². The molecule has 0 fully saturated rings. The summed E-state index contributed by atoms with van der Waals surface area (Å²) in [7, 11) is 0. The molecule has 1 amide bonds. The second-order valence-electron chi connectivity index (χ2n) is 5.84. The topological polar surface area (TPSA) is 75.2 Å². The molecular formula is C19H24N4O2. The van der Waals surface area contributed by atoms with Gasteiger partial charge in [0.2, 0.25) is 0 Å². The Bertz CT molecular complexity index is 722. The molecule has 0 bridgehead atoms. The molecule has 2 rings (SSSR count). The van der Waals surface area contributed by atoms with Crippen molar-refractivity contribution in [3.05, 3.63) is 47.9 Å². The molecule has 2 aromatic rings. The third-order valence-corrected chi connectivity index (χ3v) is 3.75. The first-order valence-electron chi connectivity index (χ1n) is 8.54. The number of benzene rings is 1. The highest BCUT2D eigenvalue weighted by atomic mass is 16.2. The van der Waals surface area contributed by atoms with Crippen molar-refractivity contribution in [3.63, 3.8) is 0 Å². The van der Waals surface area contributed by atoms with Gasteiger partial charge in [-0.25, -0.2) is 9.97 Å². The van der Waals surface area contributed by atoms with Crippen LogP contribution in [0.15, 0.2) is 36.7 Å². The van der Waals surface area contributed by atoms with E-state index in [1.54, 1.807) is 30.3 Å². The molecule has 1 aromatic carbocycles. The van der Waals surface area contributed by atoms with Crippen LogP contribution in [0, 0.1) is 0 Å². The van der Waals surface area contributed by atoms with Gasteiger partial charge in [0.1, 0.15) is 17.8 Å². The predicted octanol–water partition coefficient (Wildman–Crippen LogP) is 3.56. The summed E-state index contributed by atoms with van der Waals surface area (Å²) >= 11 is 0. The van der Waals surface area contributed by atoms with Gasteiger partial charge in [0, 0.05) is 30.4 Å². The maximum Gasteiger partial charge on any atom is 0.274 e. The summed E-state index contributed by atoms with van der Waals surface area (Å²) in [5, 5.41) is 2.80. The van der Waals surface area contributed by atoms with Crippen molar-refractivity contribution in [2.75, 3.05) is 23.3 Å². The van der Waals surface area contributed by atoms with Gasteiger partial charge in [-0.1, -0.05) is 13.8 Å². The zero-order valence-electron chi connectivity index (χ0n) is 15.0. The van der Waals surface area contributed by atoms with E-state index in [0.717, 1.165) is 31.7 Å². The lowest BCUT2D eigenvalue weighted by atomic mass is 10.1. The molecule has 0 unspecified atom stereocenters. The Morgan fingerprint density at radius 2 is 1.68 bits per heavy atom. The summed E-state index contributed by atoms with van der Waals surface area (Å²) in [5.41, 5.74) is 1.55. The Hall–Kier alpha value is -2.76. The summed E-state index contributed by atoms with van der Waals surface area (Å²) in [5.74, 6) is 0.452. The number of nitrogens with one attached hydrogen (secondary N) is 1. The molecule has 25 heavy (non-hydrogen) atoms. The standard InChI is InChI=1S/C19H24N4O2/c1-4-10-23(11-5-2)18-12-17(20-13-21-18)19(25)22-16-8-6-15(7-9-16)14(3)24/h6-9,12-13H,4-5,10-11H2,1-3H3,(H,22,25). The van der Waals surface area contributed by atoms with Crippen LogP contribution < -0.4 is 10.2 Å². The van der Waals surface area contributed by atoms with Crippen LogP contribution in [-0.4, -0.2) is 34.7 Å². The number of amides is 1. The lowest BCUT2D eigenvalue weighted by Crippen LogP contribution is -2.26. The maximum absolute atomic E-state index is 12.4. The molecule has 1 N–H and O–H groups in total. The molecule has 6 nitrogen and oxygen atoms in total. The molecule has 0 saturated carbocycles. The van der Waals surface area contributed by atoms with E-state index < -0.39 is 0 Å². The fourth-order valence-electron chi connectivity index (χ4n) is 2.51. The lowest BCUT2D eigenvalue weighted by molar-refractivity contribution is 0.101. The number of Topliss-reactive ketones (excluding diaryl/α,β-unsaturated/α-hetero) is 1. The molecule has 0 atom stereocenters. The molecule has 0 spiro atoms. The van der Waals surface area contributed by atoms with Crippen LogP contribution in [0.4, 0.5) is 11.5 Å². The zero-order valence-corrected chi connectivity index (χ0v) is 15.0. The van der Waals surface area contributed by atoms with Gasteiger partial charge in [-0.2, -0.15) is 0 Å². The number of hydrogen-bond donors (Lipinski definition) is 1. The highest BCUT2D eigenvalue weighted by Gasteiger charge is 2.13. The SMILES string of the molecule is CCCN(CCC)c1cc(C(=O)Nc2ccc(C(C)=O)cc2)ncn1. The van der Waals surface area contributed by atoms with Crippen LogP contribution in [0.25, 0.3) is 0 Å². The van der Waals surface area contributed by atoms with Crippen molar-refractivity contribution in [2.45, 2.75) is 33.6 Å². The van der Waals surface area contributed by atoms with Crippen molar-refractivity contribution in [3.8, 4) is 0 Å². The molecule has 0 aliphatic heterocycles. The third kappa shape index (κ3) is 5.11. The van der Waals surface area contributed by atoms with Crippen LogP contribution >= 0.6 is 0 Å². The minimum atomic E-state index is -0.299. The van der Waals surface area contributed by atoms with E-state index in [0.29, 0.717) is 16.9 Å². The normalized spacial score (nSPS) is 10.4. The van der Waals surface area contributed by atoms with Gasteiger partial charge in [-0.15, -0.1) is 0 Å². The number of aromatic nitrogens is 2. The van der Waals surface area contributed by atoms with Crippen LogP contribution in [0.2, 0.25) is 0 Å². The first-order valence-corrected chi connectivity index (χ1v) is 8.54. The Morgan fingerprint density at radius 3 is 2.24 bits per heavy atom. The summed E-state index contributed by atoms with van der Waals surface area (Å²) in [6.45, 7) is 7.51. The van der Waals surface area contributed by atoms with Crippen molar-refractivity contribution >= 4 is 23.2 Å². The van der Waals surface area contributed by atoms with Gasteiger partial charge in [-0.3, -0.25) is 9.59 Å². The van der Waals surface area contributed by atoms with Crippen LogP contribution in [0.5, 0.6) is 0 Å². The number of hydrogen-bond acceptors (Lipinski definition) is 5. The average Bonchev–Trinajstić information content (AvgIpc) is 2.62. The summed E-state index contributed by atoms with van der Waals surface area (Å²) in [6.07, 6.45) is 3.43. The van der Waals surface area contributed by atoms with Crippen molar-refractivity contribution in [1.29, 1.82) is 0 Å². The molecular weight excluding hydrogens is 316 g/mol. The highest BCUT2D eigenvalue weighted by Crippen LogP contribution is 2.15. The second-order valence-corrected chi connectivity index (χ2v) is 5.84. The summed E-state index contributed by atoms with van der Waals surface area (Å²) < 4.78 is 0. The Kier molecular flexibility index (Phi) is 6.62.